The van der Waals surface area contributed by atoms with Crippen molar-refractivity contribution < 1.29 is 0 Å². The van der Waals surface area contributed by atoms with Gasteiger partial charge in [0, 0.05) is 5.88 Å². The van der Waals surface area contributed by atoms with E-state index in [2.05, 4.69) is 49.0 Å². The lowest BCUT2D eigenvalue weighted by Gasteiger charge is -1.97. The van der Waals surface area contributed by atoms with Crippen molar-refractivity contribution in [1.82, 2.24) is 0 Å². The van der Waals surface area contributed by atoms with Crippen molar-refractivity contribution in [3.8, 4) is 0 Å². The van der Waals surface area contributed by atoms with Crippen LogP contribution in [-0.4, -0.2) is 5.88 Å². The van der Waals surface area contributed by atoms with E-state index in [1.807, 2.05) is 48.6 Å². The van der Waals surface area contributed by atoms with Gasteiger partial charge in [-0.3, -0.25) is 0 Å². The first-order chi connectivity index (χ1) is 10.8. The van der Waals surface area contributed by atoms with Gasteiger partial charge in [-0.1, -0.05) is 91.5 Å². The molecule has 0 bridgehead atoms. The summed E-state index contributed by atoms with van der Waals surface area (Å²) in [6, 6.07) is 24.8. The van der Waals surface area contributed by atoms with E-state index >= 15 is 0 Å². The van der Waals surface area contributed by atoms with Crippen LogP contribution >= 0.6 is 11.6 Å². The SMILES string of the molecule is C=Cc1ccc2ccccc2c1.ClCC=Cc1ccccc1. The maximum absolute atomic E-state index is 5.46. The van der Waals surface area contributed by atoms with Crippen molar-refractivity contribution in [2.45, 2.75) is 0 Å². The third-order valence-corrected chi connectivity index (χ3v) is 3.39. The van der Waals surface area contributed by atoms with E-state index in [9.17, 15) is 0 Å². The fourth-order valence-corrected chi connectivity index (χ4v) is 2.17. The van der Waals surface area contributed by atoms with Gasteiger partial charge >= 0.3 is 0 Å². The number of benzene rings is 3. The highest BCUT2D eigenvalue weighted by Crippen LogP contribution is 2.15. The van der Waals surface area contributed by atoms with Crippen LogP contribution in [0, 0.1) is 0 Å². The van der Waals surface area contributed by atoms with Crippen LogP contribution in [0.2, 0.25) is 0 Å². The van der Waals surface area contributed by atoms with Crippen molar-refractivity contribution in [2.75, 3.05) is 5.88 Å². The highest BCUT2D eigenvalue weighted by atomic mass is 35.5. The summed E-state index contributed by atoms with van der Waals surface area (Å²) in [5.74, 6) is 0.578. The quantitative estimate of drug-likeness (QED) is 0.490. The maximum atomic E-state index is 5.46. The molecule has 0 aromatic heterocycles. The first-order valence-corrected chi connectivity index (χ1v) is 7.76. The lowest BCUT2D eigenvalue weighted by Crippen LogP contribution is -1.73. The number of rotatable bonds is 3. The Bertz CT molecular complexity index is 742. The largest absolute Gasteiger partial charge is 0.122 e. The van der Waals surface area contributed by atoms with Crippen molar-refractivity contribution in [3.63, 3.8) is 0 Å². The molecule has 0 saturated carbocycles. The van der Waals surface area contributed by atoms with Crippen LogP contribution in [0.15, 0.2) is 85.5 Å². The Labute approximate surface area is 137 Å². The minimum atomic E-state index is 0.578. The minimum absolute atomic E-state index is 0.578. The molecular formula is C21H19Cl. The molecule has 1 heteroatoms. The number of fused-ring (bicyclic) bond motifs is 1. The lowest BCUT2D eigenvalue weighted by molar-refractivity contribution is 1.65. The molecule has 0 atom stereocenters. The Morgan fingerprint density at radius 1 is 0.773 bits per heavy atom. The van der Waals surface area contributed by atoms with Crippen LogP contribution in [0.4, 0.5) is 0 Å². The van der Waals surface area contributed by atoms with Crippen LogP contribution in [0.5, 0.6) is 0 Å². The molecule has 3 aromatic rings. The van der Waals surface area contributed by atoms with Crippen LogP contribution in [0.3, 0.4) is 0 Å². The highest BCUT2D eigenvalue weighted by Gasteiger charge is 1.90. The molecule has 0 heterocycles. The van der Waals surface area contributed by atoms with Crippen LogP contribution < -0.4 is 0 Å². The van der Waals surface area contributed by atoms with E-state index in [1.165, 1.54) is 21.9 Å². The normalized spacial score (nSPS) is 10.2. The van der Waals surface area contributed by atoms with Gasteiger partial charge in [0.25, 0.3) is 0 Å². The van der Waals surface area contributed by atoms with E-state index in [0.717, 1.165) is 0 Å². The molecule has 0 radical (unpaired) electrons. The molecule has 0 aliphatic carbocycles. The fourth-order valence-electron chi connectivity index (χ4n) is 2.08. The zero-order valence-electron chi connectivity index (χ0n) is 12.5. The van der Waals surface area contributed by atoms with Gasteiger partial charge in [-0.05, 0) is 28.0 Å². The summed E-state index contributed by atoms with van der Waals surface area (Å²) >= 11 is 5.46. The van der Waals surface area contributed by atoms with E-state index in [0.29, 0.717) is 5.88 Å². The third kappa shape index (κ3) is 4.91. The van der Waals surface area contributed by atoms with Crippen LogP contribution in [-0.2, 0) is 0 Å². The number of halogens is 1. The van der Waals surface area contributed by atoms with Crippen LogP contribution in [0.25, 0.3) is 22.9 Å². The zero-order chi connectivity index (χ0) is 15.6. The maximum Gasteiger partial charge on any atom is 0.0407 e. The van der Waals surface area contributed by atoms with Gasteiger partial charge in [0.15, 0.2) is 0 Å². The van der Waals surface area contributed by atoms with Gasteiger partial charge in [0.2, 0.25) is 0 Å². The molecule has 0 N–H and O–H groups in total. The molecule has 0 spiro atoms. The second-order valence-electron chi connectivity index (χ2n) is 4.78. The summed E-state index contributed by atoms with van der Waals surface area (Å²) < 4.78 is 0. The number of hydrogen-bond acceptors (Lipinski definition) is 0. The van der Waals surface area contributed by atoms with Crippen LogP contribution in [0.1, 0.15) is 11.1 Å². The van der Waals surface area contributed by atoms with Gasteiger partial charge in [0.1, 0.15) is 0 Å². The second kappa shape index (κ2) is 8.86. The molecular weight excluding hydrogens is 288 g/mol. The van der Waals surface area contributed by atoms with E-state index in [-0.39, 0.29) is 0 Å². The van der Waals surface area contributed by atoms with Crippen molar-refractivity contribution in [2.24, 2.45) is 0 Å². The molecule has 3 aromatic carbocycles. The third-order valence-electron chi connectivity index (χ3n) is 3.21. The molecule has 0 fully saturated rings. The summed E-state index contributed by atoms with van der Waals surface area (Å²) in [5, 5.41) is 2.55. The first-order valence-electron chi connectivity index (χ1n) is 7.22. The van der Waals surface area contributed by atoms with Crippen molar-refractivity contribution >= 4 is 34.5 Å². The summed E-state index contributed by atoms with van der Waals surface area (Å²) in [7, 11) is 0. The average Bonchev–Trinajstić information content (AvgIpc) is 2.61. The summed E-state index contributed by atoms with van der Waals surface area (Å²) in [6.07, 6.45) is 5.80. The molecule has 0 aliphatic rings. The predicted octanol–water partition coefficient (Wildman–Crippen LogP) is 6.42. The molecule has 0 saturated heterocycles. The summed E-state index contributed by atoms with van der Waals surface area (Å²) in [5.41, 5.74) is 2.37. The molecule has 0 nitrogen and oxygen atoms in total. The Balaban J connectivity index is 0.000000164. The fraction of sp³-hybridized carbons (Fsp3) is 0.0476. The first kappa shape index (κ1) is 16.1. The van der Waals surface area contributed by atoms with Crippen molar-refractivity contribution in [3.05, 3.63) is 96.6 Å². The standard InChI is InChI=1S/C12H10.C9H9Cl/c1-2-10-7-8-11-5-3-4-6-12(11)9-10;10-8-4-7-9-5-2-1-3-6-9/h2-9H,1H2;1-7H,8H2. The van der Waals surface area contributed by atoms with Crippen molar-refractivity contribution in [1.29, 1.82) is 0 Å². The summed E-state index contributed by atoms with van der Waals surface area (Å²) in [4.78, 5) is 0. The molecule has 22 heavy (non-hydrogen) atoms. The molecule has 0 aliphatic heterocycles. The summed E-state index contributed by atoms with van der Waals surface area (Å²) in [6.45, 7) is 3.74. The number of allylic oxidation sites excluding steroid dienone is 1. The molecule has 3 rings (SSSR count). The topological polar surface area (TPSA) is 0 Å². The van der Waals surface area contributed by atoms with E-state index in [4.69, 9.17) is 11.6 Å². The molecule has 0 amide bonds. The second-order valence-corrected chi connectivity index (χ2v) is 5.09. The van der Waals surface area contributed by atoms with Gasteiger partial charge in [0.05, 0.1) is 0 Å². The van der Waals surface area contributed by atoms with Gasteiger partial charge in [-0.2, -0.15) is 0 Å². The van der Waals surface area contributed by atoms with E-state index in [1.54, 1.807) is 0 Å². The zero-order valence-corrected chi connectivity index (χ0v) is 13.2. The highest BCUT2D eigenvalue weighted by molar-refractivity contribution is 6.19. The number of alkyl halides is 1. The number of hydrogen-bond donors (Lipinski definition) is 0. The average molecular weight is 307 g/mol. The van der Waals surface area contributed by atoms with Gasteiger partial charge in [-0.25, -0.2) is 0 Å². The lowest BCUT2D eigenvalue weighted by atomic mass is 10.1. The Morgan fingerprint density at radius 3 is 2.14 bits per heavy atom. The predicted molar refractivity (Wildman–Crippen MR) is 100 cm³/mol. The Morgan fingerprint density at radius 2 is 1.45 bits per heavy atom. The molecule has 110 valence electrons. The van der Waals surface area contributed by atoms with E-state index < -0.39 is 0 Å². The van der Waals surface area contributed by atoms with Gasteiger partial charge in [-0.15, -0.1) is 11.6 Å². The Kier molecular flexibility index (Phi) is 6.47. The monoisotopic (exact) mass is 306 g/mol. The minimum Gasteiger partial charge on any atom is -0.122 e. The Hall–Kier alpha value is -2.31. The van der Waals surface area contributed by atoms with Gasteiger partial charge < -0.3 is 0 Å². The smallest absolute Gasteiger partial charge is 0.0407 e. The molecule has 0 unspecified atom stereocenters.